The largest absolute Gasteiger partial charge is 0.496 e. The number of hydrogen-bond donors (Lipinski definition) is 2. The second-order valence-electron chi connectivity index (χ2n) is 21.0. The van der Waals surface area contributed by atoms with E-state index in [1.54, 1.807) is 13.8 Å². The van der Waals surface area contributed by atoms with Gasteiger partial charge in [0.15, 0.2) is 0 Å². The van der Waals surface area contributed by atoms with Gasteiger partial charge in [-0.25, -0.2) is 9.59 Å². The summed E-state index contributed by atoms with van der Waals surface area (Å²) < 4.78 is 26.7. The van der Waals surface area contributed by atoms with E-state index in [1.807, 2.05) is 107 Å². The first kappa shape index (κ1) is 54.1. The van der Waals surface area contributed by atoms with Gasteiger partial charge in [0.2, 0.25) is 0 Å². The summed E-state index contributed by atoms with van der Waals surface area (Å²) in [6.45, 7) is 15.9. The Morgan fingerprint density at radius 2 is 1.07 bits per heavy atom. The lowest BCUT2D eigenvalue weighted by Crippen LogP contribution is -2.41. The molecule has 2 aromatic heterocycles. The lowest BCUT2D eigenvalue weighted by Gasteiger charge is -2.32. The van der Waals surface area contributed by atoms with Gasteiger partial charge in [0.1, 0.15) is 11.6 Å². The van der Waals surface area contributed by atoms with Crippen molar-refractivity contribution in [2.24, 2.45) is 0 Å². The summed E-state index contributed by atoms with van der Waals surface area (Å²) in [4.78, 5) is 48.1. The molecule has 4 aromatic carbocycles. The van der Waals surface area contributed by atoms with Gasteiger partial charge in [-0.3, -0.25) is 9.59 Å². The predicted molar refractivity (Wildman–Crippen MR) is 293 cm³/mol. The smallest absolute Gasteiger partial charge is 0.465 e. The van der Waals surface area contributed by atoms with Crippen molar-refractivity contribution in [1.29, 1.82) is 0 Å². The molecule has 3 heterocycles. The number of fused-ring (bicyclic) bond motifs is 2. The molecule has 72 heavy (non-hydrogen) atoms. The van der Waals surface area contributed by atoms with E-state index >= 15 is 0 Å². The number of aromatic nitrogens is 2. The van der Waals surface area contributed by atoms with Crippen molar-refractivity contribution >= 4 is 85.2 Å². The summed E-state index contributed by atoms with van der Waals surface area (Å²) in [7, 11) is 2.39. The van der Waals surface area contributed by atoms with Crippen LogP contribution in [0, 0.1) is 13.8 Å². The molecule has 0 unspecified atom stereocenters. The maximum atomic E-state index is 12.3. The fourth-order valence-electron chi connectivity index (χ4n) is 10.6. The number of nitrogens with zero attached hydrogens (tertiary/aromatic N) is 2. The average molecular weight is 1040 g/mol. The molecule has 1 aliphatic heterocycles. The second kappa shape index (κ2) is 22.6. The van der Waals surface area contributed by atoms with E-state index in [4.69, 9.17) is 30.2 Å². The van der Waals surface area contributed by atoms with Gasteiger partial charge in [0.25, 0.3) is 0 Å². The van der Waals surface area contributed by atoms with Gasteiger partial charge in [-0.1, -0.05) is 74.9 Å². The van der Waals surface area contributed by atoms with Gasteiger partial charge in [-0.05, 0) is 167 Å². The van der Waals surface area contributed by atoms with Crippen LogP contribution in [0.4, 0.5) is 11.4 Å². The van der Waals surface area contributed by atoms with Gasteiger partial charge >= 0.3 is 19.1 Å². The minimum atomic E-state index is -0.381. The molecule has 4 N–H and O–H groups in total. The van der Waals surface area contributed by atoms with Crippen molar-refractivity contribution in [3.8, 4) is 11.3 Å². The summed E-state index contributed by atoms with van der Waals surface area (Å²) in [6.07, 6.45) is 12.1. The van der Waals surface area contributed by atoms with Crippen molar-refractivity contribution in [2.75, 3.05) is 25.7 Å². The van der Waals surface area contributed by atoms with E-state index in [2.05, 4.69) is 32.6 Å². The van der Waals surface area contributed by atoms with Crippen LogP contribution in [-0.4, -0.2) is 65.2 Å². The average Bonchev–Trinajstić information content (AvgIpc) is 3.88. The molecule has 0 amide bonds. The summed E-state index contributed by atoms with van der Waals surface area (Å²) >= 11 is 3.73. The number of Topliss-reactive ketones (excluding diaryl/α,β-unsaturated/α-hetero) is 2. The highest BCUT2D eigenvalue weighted by atomic mass is 79.9. The Bertz CT molecular complexity index is 2980. The van der Waals surface area contributed by atoms with Crippen LogP contribution in [0.2, 0.25) is 0 Å². The highest BCUT2D eigenvalue weighted by Crippen LogP contribution is 2.46. The van der Waals surface area contributed by atoms with Gasteiger partial charge < -0.3 is 39.4 Å². The number of rotatable bonds is 10. The minimum Gasteiger partial charge on any atom is -0.465 e. The van der Waals surface area contributed by atoms with Crippen molar-refractivity contribution in [1.82, 2.24) is 9.13 Å². The minimum absolute atomic E-state index is 0.0579. The molecule has 2 saturated carbocycles. The van der Waals surface area contributed by atoms with Gasteiger partial charge in [-0.2, -0.15) is 0 Å². The highest BCUT2D eigenvalue weighted by Gasteiger charge is 2.52. The number of carbonyl (C=O) groups is 4. The predicted octanol–water partition coefficient (Wildman–Crippen LogP) is 12.3. The second-order valence-corrected chi connectivity index (χ2v) is 21.7. The molecule has 3 fully saturated rings. The van der Waals surface area contributed by atoms with Crippen LogP contribution < -0.4 is 16.9 Å². The molecule has 12 nitrogen and oxygen atoms in total. The van der Waals surface area contributed by atoms with Crippen molar-refractivity contribution < 1.29 is 38.0 Å². The molecule has 0 radical (unpaired) electrons. The normalized spacial score (nSPS) is 16.7. The first-order valence-electron chi connectivity index (χ1n) is 25.4. The number of ether oxygens (including phenoxy) is 2. The number of methoxy groups -OCH3 is 2. The maximum Gasteiger partial charge on any atom is 0.496 e. The van der Waals surface area contributed by atoms with Crippen LogP contribution in [0.1, 0.15) is 161 Å². The number of halogens is 1. The molecule has 3 aliphatic rings. The number of esters is 2. The van der Waals surface area contributed by atoms with Gasteiger partial charge in [0, 0.05) is 33.2 Å². The lowest BCUT2D eigenvalue weighted by atomic mass is 9.77. The Hall–Kier alpha value is -5.70. The van der Waals surface area contributed by atoms with Crippen LogP contribution in [0.3, 0.4) is 0 Å². The molecule has 9 rings (SSSR count). The zero-order valence-electron chi connectivity index (χ0n) is 43.8. The van der Waals surface area contributed by atoms with Crippen LogP contribution in [0.5, 0.6) is 0 Å². The number of benzene rings is 4. The molecule has 382 valence electrons. The molecule has 0 atom stereocenters. The van der Waals surface area contributed by atoms with Gasteiger partial charge in [-0.15, -0.1) is 0 Å². The van der Waals surface area contributed by atoms with E-state index < -0.39 is 0 Å². The number of anilines is 2. The van der Waals surface area contributed by atoms with Crippen molar-refractivity contribution in [2.45, 2.75) is 156 Å². The van der Waals surface area contributed by atoms with Crippen molar-refractivity contribution in [3.05, 3.63) is 111 Å². The highest BCUT2D eigenvalue weighted by molar-refractivity contribution is 9.10. The zero-order chi connectivity index (χ0) is 52.2. The Balaban J connectivity index is 0.000000166. The first-order valence-corrected chi connectivity index (χ1v) is 26.2. The van der Waals surface area contributed by atoms with E-state index in [-0.39, 0.29) is 48.4 Å². The van der Waals surface area contributed by atoms with Crippen LogP contribution in [-0.2, 0) is 41.5 Å². The summed E-state index contributed by atoms with van der Waals surface area (Å²) in [5.74, 6) is 0.321. The van der Waals surface area contributed by atoms with Crippen molar-refractivity contribution in [3.63, 3.8) is 0 Å². The summed E-state index contributed by atoms with van der Waals surface area (Å²) in [5, 5.41) is 2.22. The quantitative estimate of drug-likeness (QED) is 0.0766. The molecular weight excluding hydrogens is 971 g/mol. The molecule has 0 spiro atoms. The number of aryl methyl sites for hydroxylation is 2. The summed E-state index contributed by atoms with van der Waals surface area (Å²) in [5.41, 5.74) is 23.7. The van der Waals surface area contributed by atoms with Crippen LogP contribution in [0.25, 0.3) is 33.1 Å². The Morgan fingerprint density at radius 1 is 0.625 bits per heavy atom. The lowest BCUT2D eigenvalue weighted by molar-refractivity contribution is -0.118. The van der Waals surface area contributed by atoms with Crippen LogP contribution >= 0.6 is 15.9 Å². The van der Waals surface area contributed by atoms with E-state index in [9.17, 15) is 19.2 Å². The number of ketones is 2. The standard InChI is InChI=1S/C26H30N2O3.C19H22BrNO3.C13H20BNO2/c1-16-9-11-20(22(27)13-16)25-24(18-7-5-4-6-8-18)21-12-10-19(26(30)31-3)14-23(21)28(25)15-17(2)29;1-12(22)11-21-16-10-14(19(23)24-2)8-9-15(16)17(18(21)20)13-6-4-3-5-7-13;1-9-6-7-10(11(15)8-9)14-16-12(2,3)13(4,5)17-14/h9-14,18H,4-8,15,27H2,1-3H3;8-10,13H,3-7,11H2,1-2H3;6-8H,15H2,1-5H3. The monoisotopic (exact) mass is 1040 g/mol. The number of nitrogen functional groups attached to an aromatic ring is 2. The first-order chi connectivity index (χ1) is 34.2. The molecule has 14 heteroatoms. The maximum absolute atomic E-state index is 12.3. The third-order valence-electron chi connectivity index (χ3n) is 15.0. The molecule has 1 saturated heterocycles. The molecule has 6 aromatic rings. The summed E-state index contributed by atoms with van der Waals surface area (Å²) in [6, 6.07) is 23.4. The fraction of sp³-hybridized carbons (Fsp3) is 0.448. The van der Waals surface area contributed by atoms with Gasteiger partial charge in [0.05, 0.1) is 71.0 Å². The Morgan fingerprint density at radius 3 is 1.54 bits per heavy atom. The SMILES string of the molecule is COC(=O)c1ccc2c(C3CCCCC3)c(-c3ccc(C)cc3N)n(CC(C)=O)c2c1.COC(=O)c1ccc2c(C3CCCCC3)c(Br)n(CC(C)=O)c2c1.Cc1ccc(B2OC(C)(C)C(C)(C)O2)c(N)c1. The Labute approximate surface area is 433 Å². The van der Waals surface area contributed by atoms with E-state index in [0.29, 0.717) is 35.2 Å². The number of nitrogens with two attached hydrogens (primary N) is 2. The van der Waals surface area contributed by atoms with E-state index in [0.717, 1.165) is 72.8 Å². The fourth-order valence-corrected chi connectivity index (χ4v) is 11.5. The third-order valence-corrected chi connectivity index (χ3v) is 15.8. The zero-order valence-corrected chi connectivity index (χ0v) is 45.4. The molecular formula is C58H72BBrN4O8. The molecule has 0 bridgehead atoms. The number of carbonyl (C=O) groups excluding carboxylic acids is 4. The third kappa shape index (κ3) is 11.6. The topological polar surface area (TPSA) is 167 Å². The Kier molecular flexibility index (Phi) is 17.0. The van der Waals surface area contributed by atoms with Crippen LogP contribution in [0.15, 0.2) is 77.4 Å². The van der Waals surface area contributed by atoms with E-state index in [1.165, 1.54) is 76.7 Å². The number of hydrogen-bond acceptors (Lipinski definition) is 10. The molecule has 2 aliphatic carbocycles.